The minimum Gasteiger partial charge on any atom is -0.461 e. The first kappa shape index (κ1) is 16.0. The van der Waals surface area contributed by atoms with Crippen molar-refractivity contribution < 1.29 is 13.9 Å². The van der Waals surface area contributed by atoms with Crippen LogP contribution in [0.25, 0.3) is 33.8 Å². The Morgan fingerprint density at radius 1 is 1.19 bits per heavy atom. The van der Waals surface area contributed by atoms with Gasteiger partial charge in [-0.3, -0.25) is 0 Å². The minimum atomic E-state index is -0.470. The zero-order valence-electron chi connectivity index (χ0n) is 14.3. The average Bonchev–Trinajstić information content (AvgIpc) is 3.27. The van der Waals surface area contributed by atoms with Gasteiger partial charge >= 0.3 is 5.97 Å². The molecule has 7 heteroatoms. The molecule has 7 nitrogen and oxygen atoms in total. The third-order valence-electron chi connectivity index (χ3n) is 3.88. The summed E-state index contributed by atoms with van der Waals surface area (Å²) in [4.78, 5) is 24.8. The number of nitrogens with zero attached hydrogens (tertiary/aromatic N) is 4. The van der Waals surface area contributed by atoms with Gasteiger partial charge in [-0.15, -0.1) is 0 Å². The lowest BCUT2D eigenvalue weighted by atomic mass is 10.1. The normalized spacial score (nSPS) is 11.0. The van der Waals surface area contributed by atoms with Gasteiger partial charge in [-0.25, -0.2) is 19.7 Å². The fraction of sp³-hybridized carbons (Fsp3) is 0.158. The Balaban J connectivity index is 1.71. The Morgan fingerprint density at radius 2 is 2.08 bits per heavy atom. The second-order valence-electron chi connectivity index (χ2n) is 5.78. The van der Waals surface area contributed by atoms with Crippen molar-refractivity contribution in [2.24, 2.45) is 7.05 Å². The van der Waals surface area contributed by atoms with E-state index in [1.807, 2.05) is 36.0 Å². The number of aryl methyl sites for hydroxylation is 1. The summed E-state index contributed by atoms with van der Waals surface area (Å²) in [6.45, 7) is 2.05. The largest absolute Gasteiger partial charge is 0.461 e. The van der Waals surface area contributed by atoms with Crippen LogP contribution in [-0.2, 0) is 11.8 Å². The van der Waals surface area contributed by atoms with E-state index in [-0.39, 0.29) is 5.69 Å². The molecule has 4 rings (SSSR count). The standard InChI is InChI=1S/C19H16N4O3/c1-3-25-19(24)15-9-13(6-7-20-15)18-22-14-8-12(4-5-17(14)26-18)16-10-23(2)11-21-16/h4-11H,3H2,1-2H3. The number of carbonyl (C=O) groups excluding carboxylic acids is 1. The van der Waals surface area contributed by atoms with Crippen LogP contribution in [0.3, 0.4) is 0 Å². The van der Waals surface area contributed by atoms with Gasteiger partial charge in [0, 0.05) is 30.6 Å². The molecule has 0 saturated heterocycles. The number of aromatic nitrogens is 4. The number of pyridine rings is 1. The molecule has 0 aliphatic carbocycles. The SMILES string of the molecule is CCOC(=O)c1cc(-c2nc3cc(-c4cn(C)cn4)ccc3o2)ccn1. The molecule has 0 saturated carbocycles. The molecule has 0 amide bonds. The number of imidazole rings is 1. The smallest absolute Gasteiger partial charge is 0.356 e. The van der Waals surface area contributed by atoms with Crippen LogP contribution < -0.4 is 0 Å². The molecule has 1 aromatic carbocycles. The number of hydrogen-bond acceptors (Lipinski definition) is 6. The van der Waals surface area contributed by atoms with E-state index in [1.54, 1.807) is 25.4 Å². The highest BCUT2D eigenvalue weighted by molar-refractivity contribution is 5.89. The second-order valence-corrected chi connectivity index (χ2v) is 5.78. The molecule has 4 aromatic rings. The van der Waals surface area contributed by atoms with Crippen molar-refractivity contribution in [1.82, 2.24) is 19.5 Å². The summed E-state index contributed by atoms with van der Waals surface area (Å²) < 4.78 is 12.7. The molecule has 26 heavy (non-hydrogen) atoms. The lowest BCUT2D eigenvalue weighted by molar-refractivity contribution is 0.0519. The molecule has 0 atom stereocenters. The van der Waals surface area contributed by atoms with Gasteiger partial charge in [0.05, 0.1) is 18.6 Å². The molecule has 130 valence electrons. The van der Waals surface area contributed by atoms with Crippen LogP contribution in [-0.4, -0.2) is 32.1 Å². The van der Waals surface area contributed by atoms with Crippen molar-refractivity contribution in [3.63, 3.8) is 0 Å². The predicted octanol–water partition coefficient (Wildman–Crippen LogP) is 3.47. The summed E-state index contributed by atoms with van der Waals surface area (Å²) in [5.41, 5.74) is 4.10. The third-order valence-corrected chi connectivity index (χ3v) is 3.88. The second kappa shape index (κ2) is 6.44. The van der Waals surface area contributed by atoms with Crippen LogP contribution in [0.4, 0.5) is 0 Å². The summed E-state index contributed by atoms with van der Waals surface area (Å²) in [7, 11) is 1.92. The number of carbonyl (C=O) groups is 1. The maximum Gasteiger partial charge on any atom is 0.356 e. The van der Waals surface area contributed by atoms with Gasteiger partial charge in [0.2, 0.25) is 5.89 Å². The van der Waals surface area contributed by atoms with E-state index in [1.165, 1.54) is 6.20 Å². The Hall–Kier alpha value is -3.48. The Kier molecular flexibility index (Phi) is 3.96. The van der Waals surface area contributed by atoms with Crippen LogP contribution in [0.15, 0.2) is 53.5 Å². The van der Waals surface area contributed by atoms with E-state index in [9.17, 15) is 4.79 Å². The molecule has 3 heterocycles. The molecule has 0 N–H and O–H groups in total. The molecular formula is C19H16N4O3. The molecule has 3 aromatic heterocycles. The highest BCUT2D eigenvalue weighted by Gasteiger charge is 2.14. The Morgan fingerprint density at radius 3 is 2.85 bits per heavy atom. The Labute approximate surface area is 149 Å². The molecule has 0 aliphatic rings. The van der Waals surface area contributed by atoms with Gasteiger partial charge in [-0.1, -0.05) is 0 Å². The van der Waals surface area contributed by atoms with E-state index in [2.05, 4.69) is 15.0 Å². The predicted molar refractivity (Wildman–Crippen MR) is 95.4 cm³/mol. The fourth-order valence-electron chi connectivity index (χ4n) is 2.65. The Bertz CT molecular complexity index is 1100. The quantitative estimate of drug-likeness (QED) is 0.525. The molecule has 0 aliphatic heterocycles. The molecule has 0 bridgehead atoms. The van der Waals surface area contributed by atoms with E-state index in [0.717, 1.165) is 16.8 Å². The van der Waals surface area contributed by atoms with Gasteiger partial charge < -0.3 is 13.7 Å². The summed E-state index contributed by atoms with van der Waals surface area (Å²) in [6.07, 6.45) is 5.23. The summed E-state index contributed by atoms with van der Waals surface area (Å²) in [5, 5.41) is 0. The van der Waals surface area contributed by atoms with Crippen molar-refractivity contribution in [2.75, 3.05) is 6.61 Å². The first-order valence-electron chi connectivity index (χ1n) is 8.16. The van der Waals surface area contributed by atoms with Crippen LogP contribution in [0, 0.1) is 0 Å². The third kappa shape index (κ3) is 2.95. The van der Waals surface area contributed by atoms with E-state index in [0.29, 0.717) is 23.6 Å². The van der Waals surface area contributed by atoms with Crippen molar-refractivity contribution in [1.29, 1.82) is 0 Å². The highest BCUT2D eigenvalue weighted by Crippen LogP contribution is 2.28. The van der Waals surface area contributed by atoms with Gasteiger partial charge in [-0.2, -0.15) is 0 Å². The van der Waals surface area contributed by atoms with Crippen LogP contribution >= 0.6 is 0 Å². The van der Waals surface area contributed by atoms with Crippen molar-refractivity contribution >= 4 is 17.1 Å². The average molecular weight is 348 g/mol. The zero-order valence-corrected chi connectivity index (χ0v) is 14.3. The first-order chi connectivity index (χ1) is 12.6. The van der Waals surface area contributed by atoms with Crippen molar-refractivity contribution in [2.45, 2.75) is 6.92 Å². The maximum atomic E-state index is 11.9. The lowest BCUT2D eigenvalue weighted by Crippen LogP contribution is -2.06. The lowest BCUT2D eigenvalue weighted by Gasteiger charge is -2.01. The maximum absolute atomic E-state index is 11.9. The number of benzene rings is 1. The van der Waals surface area contributed by atoms with E-state index in [4.69, 9.17) is 9.15 Å². The number of oxazole rings is 1. The van der Waals surface area contributed by atoms with Gasteiger partial charge in [0.1, 0.15) is 11.2 Å². The minimum absolute atomic E-state index is 0.223. The number of rotatable bonds is 4. The van der Waals surface area contributed by atoms with Gasteiger partial charge in [0.15, 0.2) is 5.58 Å². The van der Waals surface area contributed by atoms with E-state index >= 15 is 0 Å². The highest BCUT2D eigenvalue weighted by atomic mass is 16.5. The molecule has 0 radical (unpaired) electrons. The first-order valence-corrected chi connectivity index (χ1v) is 8.16. The number of ether oxygens (including phenoxy) is 1. The van der Waals surface area contributed by atoms with E-state index < -0.39 is 5.97 Å². The van der Waals surface area contributed by atoms with Gasteiger partial charge in [0.25, 0.3) is 0 Å². The van der Waals surface area contributed by atoms with Crippen LogP contribution in [0.2, 0.25) is 0 Å². The summed E-state index contributed by atoms with van der Waals surface area (Å²) in [6, 6.07) is 9.09. The molecule has 0 unspecified atom stereocenters. The zero-order chi connectivity index (χ0) is 18.1. The number of hydrogen-bond donors (Lipinski definition) is 0. The number of esters is 1. The van der Waals surface area contributed by atoms with Crippen LogP contribution in [0.5, 0.6) is 0 Å². The fourth-order valence-corrected chi connectivity index (χ4v) is 2.65. The number of fused-ring (bicyclic) bond motifs is 1. The van der Waals surface area contributed by atoms with Crippen molar-refractivity contribution in [3.05, 3.63) is 54.7 Å². The van der Waals surface area contributed by atoms with Crippen LogP contribution in [0.1, 0.15) is 17.4 Å². The van der Waals surface area contributed by atoms with Gasteiger partial charge in [-0.05, 0) is 37.3 Å². The topological polar surface area (TPSA) is 83.0 Å². The molecular weight excluding hydrogens is 332 g/mol. The monoisotopic (exact) mass is 348 g/mol. The van der Waals surface area contributed by atoms with Crippen molar-refractivity contribution in [3.8, 4) is 22.7 Å². The summed E-state index contributed by atoms with van der Waals surface area (Å²) >= 11 is 0. The molecule has 0 fully saturated rings. The molecule has 0 spiro atoms. The summed E-state index contributed by atoms with van der Waals surface area (Å²) in [5.74, 6) is -0.0472.